The number of benzene rings is 1. The summed E-state index contributed by atoms with van der Waals surface area (Å²) in [5.74, 6) is 0.638. The summed E-state index contributed by atoms with van der Waals surface area (Å²) < 4.78 is 9.74. The van der Waals surface area contributed by atoms with Crippen LogP contribution in [0.1, 0.15) is 24.9 Å². The maximum absolute atomic E-state index is 10.9. The Morgan fingerprint density at radius 3 is 2.82 bits per heavy atom. The van der Waals surface area contributed by atoms with E-state index in [2.05, 4.69) is 10.1 Å². The topological polar surface area (TPSA) is 47.6 Å². The Labute approximate surface area is 102 Å². The molecular weight excluding hydrogens is 218 g/mol. The van der Waals surface area contributed by atoms with Gasteiger partial charge >= 0.3 is 5.97 Å². The molecule has 0 heterocycles. The molecule has 94 valence electrons. The van der Waals surface area contributed by atoms with Crippen LogP contribution in [0.5, 0.6) is 5.75 Å². The van der Waals surface area contributed by atoms with Gasteiger partial charge in [-0.15, -0.1) is 0 Å². The first-order valence-electron chi connectivity index (χ1n) is 5.61. The smallest absolute Gasteiger partial charge is 0.306 e. The van der Waals surface area contributed by atoms with Crippen LogP contribution in [-0.4, -0.2) is 26.7 Å². The van der Waals surface area contributed by atoms with Crippen LogP contribution in [0, 0.1) is 0 Å². The molecule has 0 amide bonds. The van der Waals surface area contributed by atoms with Crippen molar-refractivity contribution < 1.29 is 14.3 Å². The molecule has 0 aliphatic heterocycles. The molecule has 0 aliphatic rings. The van der Waals surface area contributed by atoms with Crippen molar-refractivity contribution >= 4 is 5.97 Å². The van der Waals surface area contributed by atoms with Crippen LogP contribution in [0.4, 0.5) is 0 Å². The van der Waals surface area contributed by atoms with E-state index in [4.69, 9.17) is 4.74 Å². The Balaban J connectivity index is 2.46. The van der Waals surface area contributed by atoms with Gasteiger partial charge in [0, 0.05) is 12.6 Å². The lowest BCUT2D eigenvalue weighted by atomic mass is 10.1. The highest BCUT2D eigenvalue weighted by atomic mass is 16.5. The Morgan fingerprint density at radius 2 is 2.18 bits per heavy atom. The summed E-state index contributed by atoms with van der Waals surface area (Å²) >= 11 is 0. The van der Waals surface area contributed by atoms with Crippen LogP contribution in [-0.2, 0) is 9.53 Å². The summed E-state index contributed by atoms with van der Waals surface area (Å²) in [4.78, 5) is 10.9. The van der Waals surface area contributed by atoms with E-state index in [0.717, 1.165) is 11.3 Å². The number of methoxy groups -OCH3 is 2. The predicted molar refractivity (Wildman–Crippen MR) is 66.0 cm³/mol. The van der Waals surface area contributed by atoms with Crippen molar-refractivity contribution in [2.75, 3.05) is 20.8 Å². The van der Waals surface area contributed by atoms with E-state index in [1.165, 1.54) is 7.11 Å². The van der Waals surface area contributed by atoms with Crippen molar-refractivity contribution in [1.29, 1.82) is 0 Å². The summed E-state index contributed by atoms with van der Waals surface area (Å²) in [5.41, 5.74) is 1.13. The normalized spacial score (nSPS) is 11.9. The fourth-order valence-corrected chi connectivity index (χ4v) is 1.52. The third-order valence-corrected chi connectivity index (χ3v) is 2.60. The molecule has 0 bridgehead atoms. The molecule has 0 aromatic heterocycles. The molecule has 1 atom stereocenters. The second kappa shape index (κ2) is 6.91. The molecule has 1 N–H and O–H groups in total. The first-order valence-corrected chi connectivity index (χ1v) is 5.61. The van der Waals surface area contributed by atoms with Crippen molar-refractivity contribution in [1.82, 2.24) is 5.32 Å². The van der Waals surface area contributed by atoms with Gasteiger partial charge in [0.05, 0.1) is 20.6 Å². The number of nitrogens with one attached hydrogen (secondary N) is 1. The monoisotopic (exact) mass is 237 g/mol. The fourth-order valence-electron chi connectivity index (χ4n) is 1.52. The van der Waals surface area contributed by atoms with E-state index < -0.39 is 0 Å². The van der Waals surface area contributed by atoms with Crippen molar-refractivity contribution in [2.45, 2.75) is 19.4 Å². The number of carbonyl (C=O) groups excluding carboxylic acids is 1. The van der Waals surface area contributed by atoms with Gasteiger partial charge in [-0.3, -0.25) is 4.79 Å². The lowest BCUT2D eigenvalue weighted by molar-refractivity contribution is -0.140. The number of hydrogen-bond acceptors (Lipinski definition) is 4. The number of carbonyl (C=O) groups is 1. The van der Waals surface area contributed by atoms with Crippen molar-refractivity contribution in [2.24, 2.45) is 0 Å². The van der Waals surface area contributed by atoms with Crippen LogP contribution in [0.3, 0.4) is 0 Å². The molecule has 0 saturated heterocycles. The molecule has 0 saturated carbocycles. The Hall–Kier alpha value is -1.55. The second-order valence-corrected chi connectivity index (χ2v) is 3.78. The zero-order valence-electron chi connectivity index (χ0n) is 10.5. The van der Waals surface area contributed by atoms with E-state index >= 15 is 0 Å². The summed E-state index contributed by atoms with van der Waals surface area (Å²) in [5, 5.41) is 3.26. The number of ether oxygens (including phenoxy) is 2. The number of hydrogen-bond donors (Lipinski definition) is 1. The standard InChI is InChI=1S/C13H19NO3/c1-10(14-8-7-13(15)17-3)11-5-4-6-12(9-11)16-2/h4-6,9-10,14H,7-8H2,1-3H3/t10-/m1/s1. The maximum atomic E-state index is 10.9. The van der Waals surface area contributed by atoms with Gasteiger partial charge in [-0.2, -0.15) is 0 Å². The lowest BCUT2D eigenvalue weighted by Gasteiger charge is -2.14. The molecule has 17 heavy (non-hydrogen) atoms. The molecule has 4 nitrogen and oxygen atoms in total. The minimum Gasteiger partial charge on any atom is -0.497 e. The van der Waals surface area contributed by atoms with E-state index in [0.29, 0.717) is 13.0 Å². The average molecular weight is 237 g/mol. The molecule has 0 fully saturated rings. The van der Waals surface area contributed by atoms with E-state index in [9.17, 15) is 4.79 Å². The van der Waals surface area contributed by atoms with Gasteiger partial charge in [-0.1, -0.05) is 12.1 Å². The highest BCUT2D eigenvalue weighted by molar-refractivity contribution is 5.69. The molecule has 4 heteroatoms. The zero-order chi connectivity index (χ0) is 12.7. The van der Waals surface area contributed by atoms with Crippen LogP contribution >= 0.6 is 0 Å². The lowest BCUT2D eigenvalue weighted by Crippen LogP contribution is -2.22. The van der Waals surface area contributed by atoms with Gasteiger partial charge in [0.15, 0.2) is 0 Å². The fraction of sp³-hybridized carbons (Fsp3) is 0.462. The zero-order valence-corrected chi connectivity index (χ0v) is 10.5. The second-order valence-electron chi connectivity index (χ2n) is 3.78. The van der Waals surface area contributed by atoms with Crippen LogP contribution < -0.4 is 10.1 Å². The third-order valence-electron chi connectivity index (χ3n) is 2.60. The van der Waals surface area contributed by atoms with Gasteiger partial charge < -0.3 is 14.8 Å². The summed E-state index contributed by atoms with van der Waals surface area (Å²) in [6, 6.07) is 8.04. The van der Waals surface area contributed by atoms with Crippen molar-refractivity contribution in [3.63, 3.8) is 0 Å². The molecule has 0 radical (unpaired) electrons. The van der Waals surface area contributed by atoms with E-state index in [1.54, 1.807) is 7.11 Å². The van der Waals surface area contributed by atoms with Gasteiger partial charge in [-0.05, 0) is 24.6 Å². The first kappa shape index (κ1) is 13.5. The minimum atomic E-state index is -0.199. The highest BCUT2D eigenvalue weighted by Gasteiger charge is 2.07. The van der Waals surface area contributed by atoms with Crippen LogP contribution in [0.2, 0.25) is 0 Å². The molecule has 1 aromatic carbocycles. The quantitative estimate of drug-likeness (QED) is 0.768. The molecule has 0 unspecified atom stereocenters. The largest absolute Gasteiger partial charge is 0.497 e. The predicted octanol–water partition coefficient (Wildman–Crippen LogP) is 1.91. The van der Waals surface area contributed by atoms with Crippen LogP contribution in [0.25, 0.3) is 0 Å². The molecule has 1 aromatic rings. The van der Waals surface area contributed by atoms with Crippen molar-refractivity contribution in [3.8, 4) is 5.75 Å². The summed E-state index contributed by atoms with van der Waals surface area (Å²) in [7, 11) is 3.04. The minimum absolute atomic E-state index is 0.176. The maximum Gasteiger partial charge on any atom is 0.306 e. The van der Waals surface area contributed by atoms with E-state index in [1.807, 2.05) is 31.2 Å². The SMILES string of the molecule is COC(=O)CCN[C@H](C)c1cccc(OC)c1. The van der Waals surface area contributed by atoms with Gasteiger partial charge in [0.25, 0.3) is 0 Å². The van der Waals surface area contributed by atoms with E-state index in [-0.39, 0.29) is 12.0 Å². The number of esters is 1. The van der Waals surface area contributed by atoms with Gasteiger partial charge in [-0.25, -0.2) is 0 Å². The number of rotatable bonds is 6. The Morgan fingerprint density at radius 1 is 1.41 bits per heavy atom. The molecule has 0 spiro atoms. The first-order chi connectivity index (χ1) is 8.17. The molecule has 0 aliphatic carbocycles. The highest BCUT2D eigenvalue weighted by Crippen LogP contribution is 2.18. The molecular formula is C13H19NO3. The summed E-state index contributed by atoms with van der Waals surface area (Å²) in [6.45, 7) is 2.65. The average Bonchev–Trinajstić information content (AvgIpc) is 2.38. The molecule has 1 rings (SSSR count). The summed E-state index contributed by atoms with van der Waals surface area (Å²) in [6.07, 6.45) is 0.380. The van der Waals surface area contributed by atoms with Gasteiger partial charge in [0.1, 0.15) is 5.75 Å². The third kappa shape index (κ3) is 4.44. The Bertz CT molecular complexity index is 365. The van der Waals surface area contributed by atoms with Crippen molar-refractivity contribution in [3.05, 3.63) is 29.8 Å². The Kier molecular flexibility index (Phi) is 5.49. The van der Waals surface area contributed by atoms with Gasteiger partial charge in [0.2, 0.25) is 0 Å². The van der Waals surface area contributed by atoms with Crippen LogP contribution in [0.15, 0.2) is 24.3 Å².